The summed E-state index contributed by atoms with van der Waals surface area (Å²) in [5.74, 6) is 1.05. The number of aromatic nitrogens is 2. The van der Waals surface area contributed by atoms with Gasteiger partial charge in [0.1, 0.15) is 5.82 Å². The molecule has 0 spiro atoms. The van der Waals surface area contributed by atoms with E-state index in [0.717, 1.165) is 17.2 Å². The molecular formula is C17H17N3O2. The molecule has 0 bridgehead atoms. The highest BCUT2D eigenvalue weighted by atomic mass is 16.3. The van der Waals surface area contributed by atoms with Crippen molar-refractivity contribution in [2.75, 3.05) is 6.54 Å². The number of benzene rings is 1. The van der Waals surface area contributed by atoms with E-state index in [9.17, 15) is 4.79 Å². The zero-order valence-corrected chi connectivity index (χ0v) is 12.3. The molecule has 0 radical (unpaired) electrons. The number of carbonyl (C=O) groups is 1. The van der Waals surface area contributed by atoms with Gasteiger partial charge in [-0.2, -0.15) is 0 Å². The molecule has 0 aliphatic rings. The molecule has 112 valence electrons. The van der Waals surface area contributed by atoms with Gasteiger partial charge in [0.15, 0.2) is 5.76 Å². The predicted octanol–water partition coefficient (Wildman–Crippen LogP) is 2.75. The van der Waals surface area contributed by atoms with Crippen LogP contribution in [0.4, 0.5) is 0 Å². The summed E-state index contributed by atoms with van der Waals surface area (Å²) in [7, 11) is 0. The maximum absolute atomic E-state index is 11.8. The molecule has 1 amide bonds. The molecule has 5 nitrogen and oxygen atoms in total. The Kier molecular flexibility index (Phi) is 4.05. The minimum atomic E-state index is -0.204. The zero-order valence-electron chi connectivity index (χ0n) is 12.3. The van der Waals surface area contributed by atoms with E-state index in [-0.39, 0.29) is 5.91 Å². The van der Waals surface area contributed by atoms with E-state index in [1.807, 2.05) is 48.0 Å². The molecule has 1 aromatic carbocycles. The molecule has 0 atom stereocenters. The minimum absolute atomic E-state index is 0.204. The molecule has 0 unspecified atom stereocenters. The molecule has 2 aromatic heterocycles. The number of furan rings is 1. The van der Waals surface area contributed by atoms with Crippen LogP contribution in [-0.4, -0.2) is 22.0 Å². The van der Waals surface area contributed by atoms with E-state index in [2.05, 4.69) is 10.3 Å². The molecule has 3 aromatic rings. The number of hydrogen-bond donors (Lipinski definition) is 1. The van der Waals surface area contributed by atoms with E-state index < -0.39 is 0 Å². The Morgan fingerprint density at radius 3 is 2.77 bits per heavy atom. The van der Waals surface area contributed by atoms with Crippen molar-refractivity contribution in [3.63, 3.8) is 0 Å². The van der Waals surface area contributed by atoms with Crippen molar-refractivity contribution in [2.24, 2.45) is 0 Å². The summed E-state index contributed by atoms with van der Waals surface area (Å²) in [5, 5.41) is 2.82. The first-order valence-corrected chi connectivity index (χ1v) is 7.16. The van der Waals surface area contributed by atoms with Gasteiger partial charge < -0.3 is 14.3 Å². The first-order valence-electron chi connectivity index (χ1n) is 7.16. The third-order valence-electron chi connectivity index (χ3n) is 3.38. The fourth-order valence-electron chi connectivity index (χ4n) is 2.30. The van der Waals surface area contributed by atoms with Gasteiger partial charge in [0.2, 0.25) is 0 Å². The standard InChI is InChI=1S/C17H17N3O2/c1-13-19-14(12-20(13)15-6-3-2-4-7-15)9-10-18-17(21)16-8-5-11-22-16/h2-8,11-12H,9-10H2,1H3,(H,18,21). The number of nitrogens with one attached hydrogen (secondary N) is 1. The molecule has 0 aliphatic heterocycles. The molecule has 22 heavy (non-hydrogen) atoms. The summed E-state index contributed by atoms with van der Waals surface area (Å²) >= 11 is 0. The van der Waals surface area contributed by atoms with Crippen LogP contribution in [0.3, 0.4) is 0 Å². The van der Waals surface area contributed by atoms with Crippen LogP contribution in [0.1, 0.15) is 22.1 Å². The second kappa shape index (κ2) is 6.30. The lowest BCUT2D eigenvalue weighted by atomic mass is 10.3. The molecule has 5 heteroatoms. The van der Waals surface area contributed by atoms with E-state index in [1.165, 1.54) is 6.26 Å². The van der Waals surface area contributed by atoms with Crippen LogP contribution in [0.2, 0.25) is 0 Å². The fraction of sp³-hybridized carbons (Fsp3) is 0.176. The second-order valence-electron chi connectivity index (χ2n) is 4.97. The Balaban J connectivity index is 1.61. The lowest BCUT2D eigenvalue weighted by molar-refractivity contribution is 0.0926. The Labute approximate surface area is 128 Å². The van der Waals surface area contributed by atoms with E-state index in [0.29, 0.717) is 18.7 Å². The quantitative estimate of drug-likeness (QED) is 0.787. The Bertz CT molecular complexity index is 746. The van der Waals surface area contributed by atoms with Crippen molar-refractivity contribution >= 4 is 5.91 Å². The number of imidazole rings is 1. The number of rotatable bonds is 5. The Morgan fingerprint density at radius 2 is 2.05 bits per heavy atom. The summed E-state index contributed by atoms with van der Waals surface area (Å²) in [6, 6.07) is 13.4. The number of nitrogens with zero attached hydrogens (tertiary/aromatic N) is 2. The monoisotopic (exact) mass is 295 g/mol. The zero-order chi connectivity index (χ0) is 15.4. The third-order valence-corrected chi connectivity index (χ3v) is 3.38. The van der Waals surface area contributed by atoms with Crippen LogP contribution >= 0.6 is 0 Å². The van der Waals surface area contributed by atoms with Crippen molar-refractivity contribution in [3.05, 3.63) is 72.2 Å². The Morgan fingerprint density at radius 1 is 1.23 bits per heavy atom. The third kappa shape index (κ3) is 3.09. The van der Waals surface area contributed by atoms with Crippen LogP contribution in [0, 0.1) is 6.92 Å². The number of aryl methyl sites for hydroxylation is 1. The molecular weight excluding hydrogens is 278 g/mol. The molecule has 1 N–H and O–H groups in total. The van der Waals surface area contributed by atoms with E-state index >= 15 is 0 Å². The molecule has 2 heterocycles. The van der Waals surface area contributed by atoms with Gasteiger partial charge in [-0.25, -0.2) is 4.98 Å². The van der Waals surface area contributed by atoms with Gasteiger partial charge in [-0.15, -0.1) is 0 Å². The average Bonchev–Trinajstić information content (AvgIpc) is 3.18. The molecule has 0 saturated heterocycles. The van der Waals surface area contributed by atoms with E-state index in [4.69, 9.17) is 4.42 Å². The normalized spacial score (nSPS) is 10.6. The highest BCUT2D eigenvalue weighted by molar-refractivity contribution is 5.91. The lowest BCUT2D eigenvalue weighted by Crippen LogP contribution is -2.25. The number of amides is 1. The highest BCUT2D eigenvalue weighted by Gasteiger charge is 2.09. The highest BCUT2D eigenvalue weighted by Crippen LogP contribution is 2.12. The van der Waals surface area contributed by atoms with Crippen LogP contribution in [0.15, 0.2) is 59.3 Å². The van der Waals surface area contributed by atoms with Crippen LogP contribution in [0.25, 0.3) is 5.69 Å². The van der Waals surface area contributed by atoms with Crippen molar-refractivity contribution in [2.45, 2.75) is 13.3 Å². The van der Waals surface area contributed by atoms with Gasteiger partial charge in [0.05, 0.1) is 12.0 Å². The number of hydrogen-bond acceptors (Lipinski definition) is 3. The van der Waals surface area contributed by atoms with Gasteiger partial charge in [-0.3, -0.25) is 4.79 Å². The van der Waals surface area contributed by atoms with Crippen LogP contribution in [-0.2, 0) is 6.42 Å². The van der Waals surface area contributed by atoms with Crippen LogP contribution < -0.4 is 5.32 Å². The second-order valence-corrected chi connectivity index (χ2v) is 4.97. The molecule has 3 rings (SSSR count). The van der Waals surface area contributed by atoms with Crippen molar-refractivity contribution in [1.29, 1.82) is 0 Å². The van der Waals surface area contributed by atoms with Gasteiger partial charge in [-0.05, 0) is 31.2 Å². The summed E-state index contributed by atoms with van der Waals surface area (Å²) in [5.41, 5.74) is 2.03. The van der Waals surface area contributed by atoms with Gasteiger partial charge in [0, 0.05) is 24.8 Å². The van der Waals surface area contributed by atoms with Gasteiger partial charge >= 0.3 is 0 Å². The minimum Gasteiger partial charge on any atom is -0.459 e. The molecule has 0 fully saturated rings. The predicted molar refractivity (Wildman–Crippen MR) is 83.0 cm³/mol. The summed E-state index contributed by atoms with van der Waals surface area (Å²) in [4.78, 5) is 16.3. The van der Waals surface area contributed by atoms with Gasteiger partial charge in [-0.1, -0.05) is 18.2 Å². The number of para-hydroxylation sites is 1. The van der Waals surface area contributed by atoms with Crippen molar-refractivity contribution in [3.8, 4) is 5.69 Å². The van der Waals surface area contributed by atoms with Gasteiger partial charge in [0.25, 0.3) is 5.91 Å². The van der Waals surface area contributed by atoms with Crippen LogP contribution in [0.5, 0.6) is 0 Å². The molecule has 0 aliphatic carbocycles. The lowest BCUT2D eigenvalue weighted by Gasteiger charge is -2.03. The largest absolute Gasteiger partial charge is 0.459 e. The van der Waals surface area contributed by atoms with Crippen molar-refractivity contribution in [1.82, 2.24) is 14.9 Å². The maximum atomic E-state index is 11.8. The summed E-state index contributed by atoms with van der Waals surface area (Å²) in [6.45, 7) is 2.49. The smallest absolute Gasteiger partial charge is 0.286 e. The summed E-state index contributed by atoms with van der Waals surface area (Å²) < 4.78 is 7.09. The van der Waals surface area contributed by atoms with Crippen molar-refractivity contribution < 1.29 is 9.21 Å². The first kappa shape index (κ1) is 14.1. The van der Waals surface area contributed by atoms with E-state index in [1.54, 1.807) is 12.1 Å². The fourth-order valence-corrected chi connectivity index (χ4v) is 2.30. The molecule has 0 saturated carbocycles. The maximum Gasteiger partial charge on any atom is 0.286 e. The average molecular weight is 295 g/mol. The summed E-state index contributed by atoms with van der Waals surface area (Å²) in [6.07, 6.45) is 4.16. The first-order chi connectivity index (χ1) is 10.7. The topological polar surface area (TPSA) is 60.1 Å². The Hall–Kier alpha value is -2.82. The number of carbonyl (C=O) groups excluding carboxylic acids is 1. The SMILES string of the molecule is Cc1nc(CCNC(=O)c2ccco2)cn1-c1ccccc1.